The number of hydrogen-bond donors (Lipinski definition) is 1. The molecule has 4 rings (SSSR count). The summed E-state index contributed by atoms with van der Waals surface area (Å²) in [5.74, 6) is 0.419. The lowest BCUT2D eigenvalue weighted by atomic mass is 10.0. The van der Waals surface area contributed by atoms with Gasteiger partial charge in [-0.05, 0) is 37.1 Å². The molecular formula is C22H25N3O3. The van der Waals surface area contributed by atoms with E-state index in [4.69, 9.17) is 4.74 Å². The number of ether oxygens (including phenoxy) is 1. The van der Waals surface area contributed by atoms with Gasteiger partial charge in [-0.2, -0.15) is 0 Å². The summed E-state index contributed by atoms with van der Waals surface area (Å²) in [5.41, 5.74) is 0.918. The summed E-state index contributed by atoms with van der Waals surface area (Å²) in [4.78, 5) is 30.1. The van der Waals surface area contributed by atoms with Crippen LogP contribution in [0.25, 0.3) is 0 Å². The highest BCUT2D eigenvalue weighted by molar-refractivity contribution is 6.13. The second kappa shape index (κ2) is 7.54. The molecule has 0 aromatic heterocycles. The molecule has 2 aromatic carbocycles. The maximum Gasteiger partial charge on any atom is 0.240 e. The van der Waals surface area contributed by atoms with Crippen LogP contribution in [0, 0.1) is 5.41 Å². The summed E-state index contributed by atoms with van der Waals surface area (Å²) in [6.07, 6.45) is 1.22. The van der Waals surface area contributed by atoms with E-state index in [0.29, 0.717) is 37.4 Å². The Hall–Kier alpha value is -3.02. The van der Waals surface area contributed by atoms with Crippen molar-refractivity contribution in [3.63, 3.8) is 0 Å². The van der Waals surface area contributed by atoms with Crippen molar-refractivity contribution in [3.05, 3.63) is 54.6 Å². The van der Waals surface area contributed by atoms with Crippen molar-refractivity contribution in [2.24, 2.45) is 5.41 Å². The van der Waals surface area contributed by atoms with Crippen LogP contribution < -0.4 is 15.0 Å². The number of anilines is 2. The average Bonchev–Trinajstić information content (AvgIpc) is 3.56. The number of hydrogen-bond acceptors (Lipinski definition) is 4. The molecule has 2 aromatic rings. The molecule has 0 atom stereocenters. The zero-order chi connectivity index (χ0) is 19.6. The third-order valence-corrected chi connectivity index (χ3v) is 5.61. The minimum atomic E-state index is -0.905. The SMILES string of the molecule is COc1cccc(NC(=O)C2(C(=O)N3CCN(c4ccccc4)CC3)CC2)c1. The van der Waals surface area contributed by atoms with Gasteiger partial charge in [0.1, 0.15) is 11.2 Å². The quantitative estimate of drug-likeness (QED) is 0.812. The molecule has 1 aliphatic heterocycles. The zero-order valence-electron chi connectivity index (χ0n) is 16.1. The van der Waals surface area contributed by atoms with Gasteiger partial charge in [0.25, 0.3) is 0 Å². The van der Waals surface area contributed by atoms with Crippen LogP contribution in [-0.4, -0.2) is 50.0 Å². The maximum absolute atomic E-state index is 13.1. The van der Waals surface area contributed by atoms with Crippen molar-refractivity contribution >= 4 is 23.2 Å². The summed E-state index contributed by atoms with van der Waals surface area (Å²) in [6.45, 7) is 2.84. The Bertz CT molecular complexity index is 856. The van der Waals surface area contributed by atoms with Gasteiger partial charge in [0.2, 0.25) is 11.8 Å². The molecule has 1 heterocycles. The molecule has 28 heavy (non-hydrogen) atoms. The number of rotatable bonds is 5. The third kappa shape index (κ3) is 3.54. The van der Waals surface area contributed by atoms with E-state index < -0.39 is 5.41 Å². The van der Waals surface area contributed by atoms with Gasteiger partial charge in [-0.25, -0.2) is 0 Å². The van der Waals surface area contributed by atoms with E-state index in [2.05, 4.69) is 22.3 Å². The monoisotopic (exact) mass is 379 g/mol. The lowest BCUT2D eigenvalue weighted by Crippen LogP contribution is -2.52. The number of carbonyl (C=O) groups excluding carboxylic acids is 2. The van der Waals surface area contributed by atoms with Crippen LogP contribution in [0.2, 0.25) is 0 Å². The fourth-order valence-electron chi connectivity index (χ4n) is 3.72. The molecule has 0 unspecified atom stereocenters. The molecule has 1 N–H and O–H groups in total. The molecule has 146 valence electrons. The molecule has 1 aliphatic carbocycles. The molecule has 0 spiro atoms. The Balaban J connectivity index is 1.38. The van der Waals surface area contributed by atoms with Gasteiger partial charge >= 0.3 is 0 Å². The first kappa shape index (κ1) is 18.3. The van der Waals surface area contributed by atoms with Crippen LogP contribution in [0.3, 0.4) is 0 Å². The first-order valence-electron chi connectivity index (χ1n) is 9.67. The zero-order valence-corrected chi connectivity index (χ0v) is 16.1. The number of methoxy groups -OCH3 is 1. The second-order valence-corrected chi connectivity index (χ2v) is 7.38. The van der Waals surface area contributed by atoms with Gasteiger partial charge in [-0.3, -0.25) is 9.59 Å². The minimum absolute atomic E-state index is 0.0411. The average molecular weight is 379 g/mol. The number of nitrogens with one attached hydrogen (secondary N) is 1. The Labute approximate surface area is 165 Å². The van der Waals surface area contributed by atoms with Gasteiger partial charge in [0.15, 0.2) is 0 Å². The lowest BCUT2D eigenvalue weighted by Gasteiger charge is -2.37. The lowest BCUT2D eigenvalue weighted by molar-refractivity contribution is -0.142. The molecule has 0 radical (unpaired) electrons. The Morgan fingerprint density at radius 2 is 1.68 bits per heavy atom. The predicted octanol–water partition coefficient (Wildman–Crippen LogP) is 2.76. The van der Waals surface area contributed by atoms with Crippen molar-refractivity contribution < 1.29 is 14.3 Å². The number of para-hydroxylation sites is 1. The molecule has 6 nitrogen and oxygen atoms in total. The molecule has 2 fully saturated rings. The number of amides is 2. The third-order valence-electron chi connectivity index (χ3n) is 5.61. The van der Waals surface area contributed by atoms with Gasteiger partial charge in [-0.1, -0.05) is 24.3 Å². The molecule has 2 amide bonds. The van der Waals surface area contributed by atoms with Crippen LogP contribution in [0.1, 0.15) is 12.8 Å². The first-order chi connectivity index (χ1) is 13.6. The van der Waals surface area contributed by atoms with Gasteiger partial charge in [0.05, 0.1) is 7.11 Å². The van der Waals surface area contributed by atoms with Crippen molar-refractivity contribution in [1.29, 1.82) is 0 Å². The van der Waals surface area contributed by atoms with E-state index in [1.165, 1.54) is 5.69 Å². The molecule has 0 bridgehead atoms. The van der Waals surface area contributed by atoms with E-state index in [9.17, 15) is 9.59 Å². The summed E-state index contributed by atoms with van der Waals surface area (Å²) in [6, 6.07) is 17.4. The largest absolute Gasteiger partial charge is 0.497 e. The Morgan fingerprint density at radius 1 is 0.964 bits per heavy atom. The fourth-order valence-corrected chi connectivity index (χ4v) is 3.72. The highest BCUT2D eigenvalue weighted by Crippen LogP contribution is 2.48. The predicted molar refractivity (Wildman–Crippen MR) is 109 cm³/mol. The summed E-state index contributed by atoms with van der Waals surface area (Å²) < 4.78 is 5.20. The number of piperazine rings is 1. The van der Waals surface area contributed by atoms with E-state index >= 15 is 0 Å². The highest BCUT2D eigenvalue weighted by atomic mass is 16.5. The summed E-state index contributed by atoms with van der Waals surface area (Å²) in [5, 5.41) is 2.90. The number of carbonyl (C=O) groups is 2. The van der Waals surface area contributed by atoms with Gasteiger partial charge in [-0.15, -0.1) is 0 Å². The Morgan fingerprint density at radius 3 is 2.32 bits per heavy atom. The maximum atomic E-state index is 13.1. The highest BCUT2D eigenvalue weighted by Gasteiger charge is 2.58. The van der Waals surface area contributed by atoms with Crippen molar-refractivity contribution in [3.8, 4) is 5.75 Å². The van der Waals surface area contributed by atoms with E-state index in [1.807, 2.05) is 35.2 Å². The first-order valence-corrected chi connectivity index (χ1v) is 9.67. The standard InChI is InChI=1S/C22H25N3O3/c1-28-19-9-5-6-17(16-19)23-20(26)22(10-11-22)21(27)25-14-12-24(13-15-25)18-7-3-2-4-8-18/h2-9,16H,10-15H2,1H3,(H,23,26). The molecular weight excluding hydrogens is 354 g/mol. The van der Waals surface area contributed by atoms with Crippen molar-refractivity contribution in [2.75, 3.05) is 43.5 Å². The van der Waals surface area contributed by atoms with E-state index in [0.717, 1.165) is 13.1 Å². The van der Waals surface area contributed by atoms with Crippen LogP contribution >= 0.6 is 0 Å². The summed E-state index contributed by atoms with van der Waals surface area (Å²) in [7, 11) is 1.59. The smallest absolute Gasteiger partial charge is 0.240 e. The van der Waals surface area contributed by atoms with Gasteiger partial charge < -0.3 is 19.9 Å². The van der Waals surface area contributed by atoms with Crippen LogP contribution in [0.15, 0.2) is 54.6 Å². The minimum Gasteiger partial charge on any atom is -0.497 e. The topological polar surface area (TPSA) is 61.9 Å². The molecule has 1 saturated carbocycles. The second-order valence-electron chi connectivity index (χ2n) is 7.38. The molecule has 1 saturated heterocycles. The molecule has 2 aliphatic rings. The number of benzene rings is 2. The number of nitrogens with zero attached hydrogens (tertiary/aromatic N) is 2. The van der Waals surface area contributed by atoms with Crippen molar-refractivity contribution in [1.82, 2.24) is 4.90 Å². The van der Waals surface area contributed by atoms with Crippen LogP contribution in [-0.2, 0) is 9.59 Å². The van der Waals surface area contributed by atoms with Crippen LogP contribution in [0.5, 0.6) is 5.75 Å². The van der Waals surface area contributed by atoms with Crippen molar-refractivity contribution in [2.45, 2.75) is 12.8 Å². The van der Waals surface area contributed by atoms with Crippen LogP contribution in [0.4, 0.5) is 11.4 Å². The fraction of sp³-hybridized carbons (Fsp3) is 0.364. The van der Waals surface area contributed by atoms with E-state index in [-0.39, 0.29) is 11.8 Å². The Kier molecular flexibility index (Phi) is 4.94. The normalized spacial score (nSPS) is 17.8. The molecule has 6 heteroatoms. The van der Waals surface area contributed by atoms with Gasteiger partial charge in [0, 0.05) is 43.6 Å². The van der Waals surface area contributed by atoms with E-state index in [1.54, 1.807) is 19.2 Å². The summed E-state index contributed by atoms with van der Waals surface area (Å²) >= 11 is 0.